The lowest BCUT2D eigenvalue weighted by Crippen LogP contribution is -2.28. The number of hydrogen-bond acceptors (Lipinski definition) is 3. The highest BCUT2D eigenvalue weighted by Gasteiger charge is 2.06. The van der Waals surface area contributed by atoms with Crippen LogP contribution in [0.4, 0.5) is 0 Å². The number of aliphatic hydroxyl groups excluding tert-OH is 1. The molecule has 1 unspecified atom stereocenters. The maximum Gasteiger partial charge on any atom is 0.244 e. The molecule has 0 saturated heterocycles. The van der Waals surface area contributed by atoms with Crippen LogP contribution in [-0.2, 0) is 4.79 Å². The molecule has 1 atom stereocenters. The van der Waals surface area contributed by atoms with Gasteiger partial charge in [-0.25, -0.2) is 0 Å². The van der Waals surface area contributed by atoms with Crippen molar-refractivity contribution in [1.82, 2.24) is 5.32 Å². The quantitative estimate of drug-likeness (QED) is 0.730. The maximum atomic E-state index is 11.5. The molecule has 1 amide bonds. The van der Waals surface area contributed by atoms with Gasteiger partial charge in [-0.05, 0) is 37.5 Å². The summed E-state index contributed by atoms with van der Waals surface area (Å²) in [4.78, 5) is 11.5. The second kappa shape index (κ2) is 7.71. The first-order chi connectivity index (χ1) is 8.65. The number of nitrogens with one attached hydrogen (secondary N) is 1. The van der Waals surface area contributed by atoms with Crippen LogP contribution in [0.15, 0.2) is 22.6 Å². The van der Waals surface area contributed by atoms with Crippen LogP contribution in [0, 0.1) is 12.8 Å². The molecule has 0 saturated carbocycles. The molecule has 0 fully saturated rings. The van der Waals surface area contributed by atoms with Crippen molar-refractivity contribution in [3.63, 3.8) is 0 Å². The Morgan fingerprint density at radius 2 is 2.33 bits per heavy atom. The Morgan fingerprint density at radius 3 is 2.89 bits per heavy atom. The number of carbonyl (C=O) groups is 1. The van der Waals surface area contributed by atoms with Crippen molar-refractivity contribution in [3.8, 4) is 0 Å². The van der Waals surface area contributed by atoms with Crippen LogP contribution in [0.3, 0.4) is 0 Å². The third-order valence-electron chi connectivity index (χ3n) is 2.84. The molecule has 0 aromatic carbocycles. The molecule has 4 heteroatoms. The van der Waals surface area contributed by atoms with Crippen molar-refractivity contribution < 1.29 is 14.3 Å². The molecule has 1 aromatic rings. The Hall–Kier alpha value is -1.55. The maximum absolute atomic E-state index is 11.5. The van der Waals surface area contributed by atoms with Crippen LogP contribution in [0.5, 0.6) is 0 Å². The number of carbonyl (C=O) groups excluding carboxylic acids is 1. The van der Waals surface area contributed by atoms with Gasteiger partial charge in [-0.3, -0.25) is 4.79 Å². The van der Waals surface area contributed by atoms with Gasteiger partial charge in [0.2, 0.25) is 5.91 Å². The summed E-state index contributed by atoms with van der Waals surface area (Å²) in [6.07, 6.45) is 4.78. The van der Waals surface area contributed by atoms with Crippen LogP contribution >= 0.6 is 0 Å². The molecule has 1 rings (SSSR count). The van der Waals surface area contributed by atoms with E-state index in [-0.39, 0.29) is 12.5 Å². The average molecular weight is 251 g/mol. The van der Waals surface area contributed by atoms with Crippen molar-refractivity contribution >= 4 is 12.0 Å². The number of amides is 1. The number of hydrogen-bond donors (Lipinski definition) is 2. The summed E-state index contributed by atoms with van der Waals surface area (Å²) in [5.41, 5.74) is 0. The smallest absolute Gasteiger partial charge is 0.244 e. The van der Waals surface area contributed by atoms with E-state index in [0.717, 1.165) is 18.6 Å². The second-order valence-electron chi connectivity index (χ2n) is 4.31. The zero-order valence-corrected chi connectivity index (χ0v) is 11.0. The van der Waals surface area contributed by atoms with Gasteiger partial charge in [0.1, 0.15) is 11.5 Å². The monoisotopic (exact) mass is 251 g/mol. The molecule has 0 aliphatic rings. The van der Waals surface area contributed by atoms with Crippen LogP contribution in [-0.4, -0.2) is 24.2 Å². The fraction of sp³-hybridized carbons (Fsp3) is 0.500. The van der Waals surface area contributed by atoms with E-state index in [1.54, 1.807) is 6.08 Å². The second-order valence-corrected chi connectivity index (χ2v) is 4.31. The lowest BCUT2D eigenvalue weighted by atomic mass is 10.0. The normalized spacial score (nSPS) is 12.8. The summed E-state index contributed by atoms with van der Waals surface area (Å²) in [6.45, 7) is 4.67. The van der Waals surface area contributed by atoms with Gasteiger partial charge < -0.3 is 14.8 Å². The number of rotatable bonds is 7. The van der Waals surface area contributed by atoms with E-state index in [1.165, 1.54) is 6.08 Å². The summed E-state index contributed by atoms with van der Waals surface area (Å²) in [5, 5.41) is 11.7. The summed E-state index contributed by atoms with van der Waals surface area (Å²) < 4.78 is 5.32. The molecule has 2 N–H and O–H groups in total. The predicted octanol–water partition coefficient (Wildman–Crippen LogP) is 2.13. The molecule has 0 radical (unpaired) electrons. The van der Waals surface area contributed by atoms with E-state index in [9.17, 15) is 4.79 Å². The van der Waals surface area contributed by atoms with E-state index >= 15 is 0 Å². The van der Waals surface area contributed by atoms with E-state index in [1.807, 2.05) is 26.0 Å². The van der Waals surface area contributed by atoms with Crippen molar-refractivity contribution in [3.05, 3.63) is 29.7 Å². The highest BCUT2D eigenvalue weighted by molar-refractivity contribution is 5.91. The van der Waals surface area contributed by atoms with Crippen LogP contribution in [0.25, 0.3) is 6.08 Å². The minimum atomic E-state index is -0.138. The van der Waals surface area contributed by atoms with Gasteiger partial charge in [-0.15, -0.1) is 0 Å². The molecule has 18 heavy (non-hydrogen) atoms. The van der Waals surface area contributed by atoms with Crippen molar-refractivity contribution in [2.45, 2.75) is 26.7 Å². The van der Waals surface area contributed by atoms with Crippen molar-refractivity contribution in [1.29, 1.82) is 0 Å². The highest BCUT2D eigenvalue weighted by atomic mass is 16.3. The fourth-order valence-electron chi connectivity index (χ4n) is 1.64. The summed E-state index contributed by atoms with van der Waals surface area (Å²) in [5.74, 6) is 1.69. The molecule has 0 aliphatic heterocycles. The largest absolute Gasteiger partial charge is 0.462 e. The molecular weight excluding hydrogens is 230 g/mol. The SMILES string of the molecule is CCC(CCO)CNC(=O)C=Cc1ccc(C)o1. The zero-order chi connectivity index (χ0) is 13.4. The summed E-state index contributed by atoms with van der Waals surface area (Å²) >= 11 is 0. The van der Waals surface area contributed by atoms with Crippen molar-refractivity contribution in [2.24, 2.45) is 5.92 Å². The number of aryl methyl sites for hydroxylation is 1. The number of furan rings is 1. The summed E-state index contributed by atoms with van der Waals surface area (Å²) in [7, 11) is 0. The van der Waals surface area contributed by atoms with Crippen LogP contribution in [0.2, 0.25) is 0 Å². The van der Waals surface area contributed by atoms with Gasteiger partial charge in [-0.2, -0.15) is 0 Å². The fourth-order valence-corrected chi connectivity index (χ4v) is 1.64. The third kappa shape index (κ3) is 5.19. The lowest BCUT2D eigenvalue weighted by molar-refractivity contribution is -0.116. The number of aliphatic hydroxyl groups is 1. The van der Waals surface area contributed by atoms with E-state index in [4.69, 9.17) is 9.52 Å². The van der Waals surface area contributed by atoms with Gasteiger partial charge in [-0.1, -0.05) is 13.3 Å². The minimum absolute atomic E-state index is 0.138. The summed E-state index contributed by atoms with van der Waals surface area (Å²) in [6, 6.07) is 3.67. The van der Waals surface area contributed by atoms with Crippen molar-refractivity contribution in [2.75, 3.05) is 13.2 Å². The third-order valence-corrected chi connectivity index (χ3v) is 2.84. The van der Waals surface area contributed by atoms with Gasteiger partial charge >= 0.3 is 0 Å². The first-order valence-corrected chi connectivity index (χ1v) is 6.29. The van der Waals surface area contributed by atoms with E-state index < -0.39 is 0 Å². The molecule has 0 bridgehead atoms. The Morgan fingerprint density at radius 1 is 1.56 bits per heavy atom. The highest BCUT2D eigenvalue weighted by Crippen LogP contribution is 2.08. The molecule has 0 spiro atoms. The van der Waals surface area contributed by atoms with Gasteiger partial charge in [0.05, 0.1) is 0 Å². The zero-order valence-electron chi connectivity index (χ0n) is 11.0. The van der Waals surface area contributed by atoms with Gasteiger partial charge in [0.25, 0.3) is 0 Å². The molecule has 1 aromatic heterocycles. The van der Waals surface area contributed by atoms with Crippen LogP contribution < -0.4 is 5.32 Å². The molecule has 1 heterocycles. The first kappa shape index (κ1) is 14.5. The van der Waals surface area contributed by atoms with Gasteiger partial charge in [0, 0.05) is 19.2 Å². The first-order valence-electron chi connectivity index (χ1n) is 6.29. The van der Waals surface area contributed by atoms with Gasteiger partial charge in [0.15, 0.2) is 0 Å². The standard InChI is InChI=1S/C14H21NO3/c1-3-12(8-9-16)10-15-14(17)7-6-13-5-4-11(2)18-13/h4-7,12,16H,3,8-10H2,1-2H3,(H,15,17). The lowest BCUT2D eigenvalue weighted by Gasteiger charge is -2.13. The average Bonchev–Trinajstić information content (AvgIpc) is 2.77. The molecular formula is C14H21NO3. The minimum Gasteiger partial charge on any atom is -0.462 e. The van der Waals surface area contributed by atoms with E-state index in [2.05, 4.69) is 5.32 Å². The Balaban J connectivity index is 2.35. The topological polar surface area (TPSA) is 62.5 Å². The molecule has 100 valence electrons. The Kier molecular flexibility index (Phi) is 6.22. The molecule has 0 aliphatic carbocycles. The van der Waals surface area contributed by atoms with E-state index in [0.29, 0.717) is 18.2 Å². The van der Waals surface area contributed by atoms with Crippen LogP contribution in [0.1, 0.15) is 31.3 Å². The molecule has 4 nitrogen and oxygen atoms in total. The Labute approximate surface area is 108 Å². The Bertz CT molecular complexity index is 395. The predicted molar refractivity (Wildman–Crippen MR) is 71.0 cm³/mol.